The predicted molar refractivity (Wildman–Crippen MR) is 168 cm³/mol. The zero-order chi connectivity index (χ0) is 29.3. The number of aliphatic imine (C=N–C) groups is 1. The Bertz CT molecular complexity index is 1330. The van der Waals surface area contributed by atoms with Gasteiger partial charge in [-0.15, -0.1) is 0 Å². The maximum atomic E-state index is 13.3. The molecule has 1 aliphatic rings. The fourth-order valence-electron chi connectivity index (χ4n) is 4.16. The number of hydrogen-bond acceptors (Lipinski definition) is 5. The zero-order valence-corrected chi connectivity index (χ0v) is 24.8. The van der Waals surface area contributed by atoms with Crippen LogP contribution in [0.25, 0.3) is 11.3 Å². The normalized spacial score (nSPS) is 15.2. The fraction of sp³-hybridized carbons (Fsp3) is 0.312. The monoisotopic (exact) mass is 560 g/mol. The maximum absolute atomic E-state index is 13.3. The lowest BCUT2D eigenvalue weighted by Crippen LogP contribution is -2.40. The molecule has 0 saturated carbocycles. The minimum atomic E-state index is 0.0116. The van der Waals surface area contributed by atoms with Gasteiger partial charge in [0.25, 0.3) is 0 Å². The average Bonchev–Trinajstić information content (AvgIpc) is 3.48. The third-order valence-corrected chi connectivity index (χ3v) is 6.26. The highest BCUT2D eigenvalue weighted by Crippen LogP contribution is 2.19. The third kappa shape index (κ3) is 9.35. The highest BCUT2D eigenvalue weighted by atomic mass is 35.5. The molecule has 1 amide bonds. The highest BCUT2D eigenvalue weighted by Gasteiger charge is 2.28. The van der Waals surface area contributed by atoms with Crippen molar-refractivity contribution >= 4 is 35.0 Å². The van der Waals surface area contributed by atoms with E-state index in [1.165, 1.54) is 0 Å². The zero-order valence-electron chi connectivity index (χ0n) is 24.0. The van der Waals surface area contributed by atoms with Gasteiger partial charge < -0.3 is 15.2 Å². The van der Waals surface area contributed by atoms with Crippen LogP contribution in [-0.4, -0.2) is 45.7 Å². The van der Waals surface area contributed by atoms with Crippen molar-refractivity contribution in [2.45, 2.75) is 53.1 Å². The van der Waals surface area contributed by atoms with Gasteiger partial charge in [-0.1, -0.05) is 82.3 Å². The van der Waals surface area contributed by atoms with Crippen LogP contribution in [-0.2, 0) is 11.3 Å². The van der Waals surface area contributed by atoms with Gasteiger partial charge in [0, 0.05) is 41.9 Å². The van der Waals surface area contributed by atoms with E-state index in [1.54, 1.807) is 41.5 Å². The van der Waals surface area contributed by atoms with E-state index in [4.69, 9.17) is 17.3 Å². The Labute approximate surface area is 243 Å². The number of benzene rings is 1. The van der Waals surface area contributed by atoms with E-state index in [0.717, 1.165) is 24.0 Å². The molecular weight excluding hydrogens is 520 g/mol. The molecule has 1 atom stereocenters. The van der Waals surface area contributed by atoms with Crippen LogP contribution in [0.2, 0.25) is 5.02 Å². The van der Waals surface area contributed by atoms with Crippen molar-refractivity contribution in [1.82, 2.24) is 14.5 Å². The lowest BCUT2D eigenvalue weighted by molar-refractivity contribution is -0.132. The second kappa shape index (κ2) is 17.6. The number of hydrogen-bond donors (Lipinski definition) is 1. The number of rotatable bonds is 8. The van der Waals surface area contributed by atoms with Crippen LogP contribution in [0.3, 0.4) is 0 Å². The predicted octanol–water partition coefficient (Wildman–Crippen LogP) is 6.22. The first-order valence-corrected chi connectivity index (χ1v) is 14.2. The molecule has 0 bridgehead atoms. The number of amides is 1. The van der Waals surface area contributed by atoms with Gasteiger partial charge >= 0.3 is 0 Å². The van der Waals surface area contributed by atoms with Gasteiger partial charge in [0.1, 0.15) is 12.0 Å². The molecule has 40 heavy (non-hydrogen) atoms. The van der Waals surface area contributed by atoms with Gasteiger partial charge in [0.2, 0.25) is 5.91 Å². The lowest BCUT2D eigenvalue weighted by atomic mass is 10.1. The molecule has 0 radical (unpaired) electrons. The fourth-order valence-corrected chi connectivity index (χ4v) is 4.31. The number of halogens is 1. The number of allylic oxidation sites excluding steroid dienone is 1. The summed E-state index contributed by atoms with van der Waals surface area (Å²) in [5.74, 6) is 0.0116. The molecule has 1 fully saturated rings. The number of nitrogens with zero attached hydrogens (tertiary/aromatic N) is 5. The molecule has 212 valence electrons. The van der Waals surface area contributed by atoms with Crippen LogP contribution in [0.5, 0.6) is 0 Å². The van der Waals surface area contributed by atoms with Crippen molar-refractivity contribution in [2.24, 2.45) is 15.7 Å². The number of carbonyl (C=O) groups is 1. The van der Waals surface area contributed by atoms with Crippen LogP contribution >= 0.6 is 11.6 Å². The smallest absolute Gasteiger partial charge is 0.242 e. The Morgan fingerprint density at radius 1 is 1.12 bits per heavy atom. The molecule has 7 nitrogen and oxygen atoms in total. The first-order chi connectivity index (χ1) is 19.5. The summed E-state index contributed by atoms with van der Waals surface area (Å²) >= 11 is 6.23. The van der Waals surface area contributed by atoms with Crippen molar-refractivity contribution in [3.05, 3.63) is 108 Å². The van der Waals surface area contributed by atoms with E-state index in [2.05, 4.69) is 21.5 Å². The molecule has 0 unspecified atom stereocenters. The Morgan fingerprint density at radius 3 is 2.52 bits per heavy atom. The molecule has 2 N–H and O–H groups in total. The average molecular weight is 561 g/mol. The van der Waals surface area contributed by atoms with E-state index >= 15 is 0 Å². The van der Waals surface area contributed by atoms with Crippen molar-refractivity contribution in [3.63, 3.8) is 0 Å². The second-order valence-electron chi connectivity index (χ2n) is 8.47. The minimum Gasteiger partial charge on any atom is -0.404 e. The van der Waals surface area contributed by atoms with E-state index in [1.807, 2.05) is 81.1 Å². The van der Waals surface area contributed by atoms with Gasteiger partial charge in [-0.2, -0.15) is 0 Å². The quantitative estimate of drug-likeness (QED) is 0.331. The summed E-state index contributed by atoms with van der Waals surface area (Å²) in [6, 6.07) is 18.9. The van der Waals surface area contributed by atoms with Crippen molar-refractivity contribution in [2.75, 3.05) is 13.1 Å². The van der Waals surface area contributed by atoms with Gasteiger partial charge in [-0.25, -0.2) is 4.99 Å². The van der Waals surface area contributed by atoms with Gasteiger partial charge in [-0.3, -0.25) is 14.8 Å². The number of carbonyl (C=O) groups excluding carboxylic acids is 1. The summed E-state index contributed by atoms with van der Waals surface area (Å²) in [6.45, 7) is 13.4. The maximum Gasteiger partial charge on any atom is 0.242 e. The number of pyridine rings is 2. The SMILES string of the molecule is C=C(N=c1cc(Cl)ccn1CC(=O)N1CCC[C@H]1CN=C/C(=C\N)c1ccccc1)c1ccccn1.CC.CC. The Kier molecular flexibility index (Phi) is 14.2. The van der Waals surface area contributed by atoms with Crippen molar-refractivity contribution < 1.29 is 4.79 Å². The number of aromatic nitrogens is 2. The van der Waals surface area contributed by atoms with E-state index in [0.29, 0.717) is 35.0 Å². The minimum absolute atomic E-state index is 0.0116. The first kappa shape index (κ1) is 32.2. The topological polar surface area (TPSA) is 88.9 Å². The summed E-state index contributed by atoms with van der Waals surface area (Å²) in [5, 5.41) is 0.529. The molecule has 1 aliphatic heterocycles. The Hall–Kier alpha value is -3.97. The lowest BCUT2D eigenvalue weighted by Gasteiger charge is -2.24. The summed E-state index contributed by atoms with van der Waals surface area (Å²) in [7, 11) is 0. The molecule has 1 saturated heterocycles. The van der Waals surface area contributed by atoms with Crippen LogP contribution in [0.15, 0.2) is 95.8 Å². The van der Waals surface area contributed by atoms with Crippen molar-refractivity contribution in [1.29, 1.82) is 0 Å². The van der Waals surface area contributed by atoms with Crippen LogP contribution in [0, 0.1) is 0 Å². The van der Waals surface area contributed by atoms with E-state index in [-0.39, 0.29) is 18.5 Å². The van der Waals surface area contributed by atoms with Gasteiger partial charge in [0.15, 0.2) is 0 Å². The molecule has 3 aromatic rings. The molecule has 8 heteroatoms. The molecular formula is C32H41ClN6O. The second-order valence-corrected chi connectivity index (χ2v) is 8.91. The first-order valence-electron chi connectivity index (χ1n) is 13.8. The summed E-state index contributed by atoms with van der Waals surface area (Å²) in [6.07, 6.45) is 8.65. The molecule has 0 aliphatic carbocycles. The van der Waals surface area contributed by atoms with Gasteiger partial charge in [-0.05, 0) is 42.7 Å². The Balaban J connectivity index is 0.00000134. The molecule has 1 aromatic carbocycles. The summed E-state index contributed by atoms with van der Waals surface area (Å²) in [4.78, 5) is 28.7. The molecule has 2 aromatic heterocycles. The van der Waals surface area contributed by atoms with Gasteiger partial charge in [0.05, 0.1) is 24.0 Å². The third-order valence-electron chi connectivity index (χ3n) is 6.02. The molecule has 3 heterocycles. The van der Waals surface area contributed by atoms with Crippen LogP contribution < -0.4 is 11.2 Å². The molecule has 0 spiro atoms. The summed E-state index contributed by atoms with van der Waals surface area (Å²) < 4.78 is 1.78. The standard InChI is InChI=1S/C28H29ClN6O.2C2H6/c1-21(26-11-5-6-13-32-26)33-27-16-24(29)12-15-34(27)20-28(36)35-14-7-10-25(35)19-31-18-23(17-30)22-8-3-2-4-9-22;2*1-2/h2-6,8-9,11-13,15-18,25H,1,7,10,14,19-20,30H2;2*1-2H3/b23-17+,31-18?,33-27?;;/t25-;;/m0../s1. The highest BCUT2D eigenvalue weighted by molar-refractivity contribution is 6.30. The van der Waals surface area contributed by atoms with Crippen LogP contribution in [0.1, 0.15) is 51.8 Å². The summed E-state index contributed by atoms with van der Waals surface area (Å²) in [5.41, 5.74) is 9.36. The number of nitrogens with two attached hydrogens (primary N) is 1. The molecule has 4 rings (SSSR count). The number of likely N-dealkylation sites (tertiary alicyclic amines) is 1. The largest absolute Gasteiger partial charge is 0.404 e. The van der Waals surface area contributed by atoms with E-state index in [9.17, 15) is 4.79 Å². The van der Waals surface area contributed by atoms with Crippen molar-refractivity contribution in [3.8, 4) is 0 Å². The van der Waals surface area contributed by atoms with E-state index < -0.39 is 0 Å². The Morgan fingerprint density at radius 2 is 1.85 bits per heavy atom. The van der Waals surface area contributed by atoms with Crippen LogP contribution in [0.4, 0.5) is 0 Å².